The van der Waals surface area contributed by atoms with Crippen molar-refractivity contribution in [3.63, 3.8) is 0 Å². The van der Waals surface area contributed by atoms with Gasteiger partial charge in [0.2, 0.25) is 5.75 Å². The van der Waals surface area contributed by atoms with Crippen LogP contribution in [-0.2, 0) is 16.1 Å². The van der Waals surface area contributed by atoms with E-state index >= 15 is 0 Å². The molecule has 0 saturated heterocycles. The van der Waals surface area contributed by atoms with E-state index in [4.69, 9.17) is 14.2 Å². The van der Waals surface area contributed by atoms with Gasteiger partial charge in [-0.05, 0) is 18.6 Å². The summed E-state index contributed by atoms with van der Waals surface area (Å²) in [5.41, 5.74) is 1.16. The van der Waals surface area contributed by atoms with E-state index in [-0.39, 0.29) is 11.9 Å². The van der Waals surface area contributed by atoms with Gasteiger partial charge in [0.15, 0.2) is 11.5 Å². The minimum absolute atomic E-state index is 0.0556. The summed E-state index contributed by atoms with van der Waals surface area (Å²) in [6.45, 7) is 4.71. The Hall–Kier alpha value is -1.95. The van der Waals surface area contributed by atoms with Crippen LogP contribution >= 0.6 is 0 Å². The van der Waals surface area contributed by atoms with Crippen LogP contribution in [0, 0.1) is 5.92 Å². The summed E-state index contributed by atoms with van der Waals surface area (Å²) < 4.78 is 21.2. The maximum Gasteiger partial charge on any atom is 0.308 e. The van der Waals surface area contributed by atoms with Crippen molar-refractivity contribution in [3.8, 4) is 17.2 Å². The highest BCUT2D eigenvalue weighted by atomic mass is 16.5. The number of esters is 1. The number of rotatable bonds is 7. The van der Waals surface area contributed by atoms with Crippen molar-refractivity contribution >= 4 is 5.97 Å². The van der Waals surface area contributed by atoms with Crippen molar-refractivity contribution in [1.82, 2.24) is 0 Å². The van der Waals surface area contributed by atoms with Crippen molar-refractivity contribution in [2.24, 2.45) is 5.92 Å². The second kappa shape index (κ2) is 10.8. The molecule has 1 atom stereocenters. The van der Waals surface area contributed by atoms with Crippen molar-refractivity contribution in [3.05, 3.63) is 17.7 Å². The summed E-state index contributed by atoms with van der Waals surface area (Å²) in [6, 6.07) is 3.98. The van der Waals surface area contributed by atoms with E-state index < -0.39 is 0 Å². The summed E-state index contributed by atoms with van der Waals surface area (Å²) in [4.78, 5) is 10.5. The first-order valence-electron chi connectivity index (χ1n) is 8.30. The van der Waals surface area contributed by atoms with Crippen molar-refractivity contribution in [1.29, 1.82) is 0 Å². The van der Waals surface area contributed by atoms with E-state index in [1.54, 1.807) is 21.3 Å². The van der Waals surface area contributed by atoms with Crippen molar-refractivity contribution in [2.45, 2.75) is 26.8 Å². The van der Waals surface area contributed by atoms with Gasteiger partial charge in [0.05, 0.1) is 55.5 Å². The van der Waals surface area contributed by atoms with Gasteiger partial charge in [-0.25, -0.2) is 0 Å². The van der Waals surface area contributed by atoms with Gasteiger partial charge in [0.1, 0.15) is 6.54 Å². The van der Waals surface area contributed by atoms with Crippen LogP contribution < -0.4 is 14.2 Å². The van der Waals surface area contributed by atoms with E-state index in [0.717, 1.165) is 23.0 Å². The zero-order valence-corrected chi connectivity index (χ0v) is 17.1. The lowest BCUT2D eigenvalue weighted by Gasteiger charge is -2.24. The fraction of sp³-hybridized carbons (Fsp3) is 0.632. The highest BCUT2D eigenvalue weighted by Crippen LogP contribution is 2.38. The summed E-state index contributed by atoms with van der Waals surface area (Å²) in [6.07, 6.45) is 0.854. The monoisotopic (exact) mass is 356 g/mol. The Kier molecular flexibility index (Phi) is 9.98. The molecule has 0 N–H and O–H groups in total. The lowest BCUT2D eigenvalue weighted by atomic mass is 10.1. The fourth-order valence-electron chi connectivity index (χ4n) is 2.14. The number of carbonyl (C=O) groups is 1. The maximum absolute atomic E-state index is 10.5. The van der Waals surface area contributed by atoms with E-state index in [0.29, 0.717) is 17.2 Å². The van der Waals surface area contributed by atoms with Gasteiger partial charge in [0, 0.05) is 5.56 Å². The number of hydrogen-bond acceptors (Lipinski definition) is 5. The molecule has 6 heteroatoms. The molecule has 1 rings (SSSR count). The molecule has 0 bridgehead atoms. The Morgan fingerprint density at radius 2 is 1.48 bits per heavy atom. The summed E-state index contributed by atoms with van der Waals surface area (Å²) in [5.74, 6) is 1.98. The van der Waals surface area contributed by atoms with Crippen LogP contribution in [0.5, 0.6) is 17.2 Å². The van der Waals surface area contributed by atoms with E-state index in [9.17, 15) is 4.79 Å². The highest BCUT2D eigenvalue weighted by molar-refractivity contribution is 5.71. The van der Waals surface area contributed by atoms with Gasteiger partial charge >= 0.3 is 5.97 Å². The van der Waals surface area contributed by atoms with Crippen molar-refractivity contribution in [2.75, 3.05) is 49.6 Å². The minimum Gasteiger partial charge on any atom is -0.493 e. The van der Waals surface area contributed by atoms with Crippen LogP contribution in [0.4, 0.5) is 0 Å². The molecule has 0 aliphatic heterocycles. The molecule has 0 amide bonds. The SMILES string of the molecule is CCC(C)C(=O)OC.COc1cc(C[N+](C)(C)C)cc(OC)c1OC. The van der Waals surface area contributed by atoms with E-state index in [2.05, 4.69) is 25.9 Å². The maximum atomic E-state index is 10.5. The zero-order chi connectivity index (χ0) is 19.6. The summed E-state index contributed by atoms with van der Waals surface area (Å²) >= 11 is 0. The molecular formula is C19H34NO5+. The predicted molar refractivity (Wildman–Crippen MR) is 99.3 cm³/mol. The number of carbonyl (C=O) groups excluding carboxylic acids is 1. The first-order chi connectivity index (χ1) is 11.6. The molecule has 1 aromatic carbocycles. The number of ether oxygens (including phenoxy) is 4. The quantitative estimate of drug-likeness (QED) is 0.555. The van der Waals surface area contributed by atoms with Crippen molar-refractivity contribution < 1.29 is 28.2 Å². The molecular weight excluding hydrogens is 322 g/mol. The third-order valence-corrected chi connectivity index (χ3v) is 3.60. The molecule has 6 nitrogen and oxygen atoms in total. The topological polar surface area (TPSA) is 54.0 Å². The number of methoxy groups -OCH3 is 4. The molecule has 0 heterocycles. The molecule has 0 aliphatic carbocycles. The standard InChI is InChI=1S/C13H22NO3.C6H12O2/c1-14(2,3)9-10-7-11(15-4)13(17-6)12(8-10)16-5;1-4-5(2)6(7)8-3/h7-8H,9H2,1-6H3;5H,4H2,1-3H3/q+1;. The Morgan fingerprint density at radius 3 is 1.72 bits per heavy atom. The molecule has 0 spiro atoms. The van der Waals surface area contributed by atoms with Crippen LogP contribution in [0.1, 0.15) is 25.8 Å². The van der Waals surface area contributed by atoms with Gasteiger partial charge in [-0.15, -0.1) is 0 Å². The Morgan fingerprint density at radius 1 is 1.00 bits per heavy atom. The first-order valence-corrected chi connectivity index (χ1v) is 8.30. The normalized spacial score (nSPS) is 11.7. The molecule has 0 saturated carbocycles. The summed E-state index contributed by atoms with van der Waals surface area (Å²) in [5, 5.41) is 0. The molecule has 1 aromatic rings. The lowest BCUT2D eigenvalue weighted by Crippen LogP contribution is -2.33. The second-order valence-corrected chi connectivity index (χ2v) is 6.81. The van der Waals surface area contributed by atoms with Gasteiger partial charge in [0.25, 0.3) is 0 Å². The van der Waals surface area contributed by atoms with Gasteiger partial charge in [-0.1, -0.05) is 13.8 Å². The summed E-state index contributed by atoms with van der Waals surface area (Å²) in [7, 11) is 12.7. The van der Waals surface area contributed by atoms with Crippen LogP contribution in [0.15, 0.2) is 12.1 Å². The van der Waals surface area contributed by atoms with Gasteiger partial charge in [-0.3, -0.25) is 4.79 Å². The van der Waals surface area contributed by atoms with Crippen LogP contribution in [-0.4, -0.2) is 60.0 Å². The molecule has 0 aliphatic rings. The third-order valence-electron chi connectivity index (χ3n) is 3.60. The van der Waals surface area contributed by atoms with Crippen LogP contribution in [0.3, 0.4) is 0 Å². The Labute approximate surface area is 152 Å². The third kappa shape index (κ3) is 8.12. The van der Waals surface area contributed by atoms with E-state index in [1.165, 1.54) is 7.11 Å². The largest absolute Gasteiger partial charge is 0.493 e. The average Bonchev–Trinajstić information content (AvgIpc) is 2.58. The molecule has 0 aromatic heterocycles. The number of nitrogens with zero attached hydrogens (tertiary/aromatic N) is 1. The van der Waals surface area contributed by atoms with Crippen LogP contribution in [0.2, 0.25) is 0 Å². The molecule has 144 valence electrons. The lowest BCUT2D eigenvalue weighted by molar-refractivity contribution is -0.884. The molecule has 0 radical (unpaired) electrons. The molecule has 1 unspecified atom stereocenters. The number of hydrogen-bond donors (Lipinski definition) is 0. The number of benzene rings is 1. The highest BCUT2D eigenvalue weighted by Gasteiger charge is 2.16. The molecule has 0 fully saturated rings. The number of quaternary nitrogens is 1. The molecule has 25 heavy (non-hydrogen) atoms. The zero-order valence-electron chi connectivity index (χ0n) is 17.1. The first kappa shape index (κ1) is 23.1. The average molecular weight is 356 g/mol. The Bertz CT molecular complexity index is 512. The minimum atomic E-state index is -0.118. The van der Waals surface area contributed by atoms with Gasteiger partial charge < -0.3 is 23.4 Å². The fourth-order valence-corrected chi connectivity index (χ4v) is 2.14. The smallest absolute Gasteiger partial charge is 0.308 e. The van der Waals surface area contributed by atoms with Crippen LogP contribution in [0.25, 0.3) is 0 Å². The predicted octanol–water partition coefficient (Wildman–Crippen LogP) is 3.12. The van der Waals surface area contributed by atoms with E-state index in [1.807, 2.05) is 26.0 Å². The Balaban J connectivity index is 0.000000609. The second-order valence-electron chi connectivity index (χ2n) is 6.81. The van der Waals surface area contributed by atoms with Gasteiger partial charge in [-0.2, -0.15) is 0 Å².